The molecule has 2 N–H and O–H groups in total. The van der Waals surface area contributed by atoms with Crippen LogP contribution in [0.3, 0.4) is 0 Å². The van der Waals surface area contributed by atoms with Crippen LogP contribution >= 0.6 is 0 Å². The molecule has 0 saturated carbocycles. The number of guanidine groups is 1. The molecule has 7 nitrogen and oxygen atoms in total. The third kappa shape index (κ3) is 8.54. The van der Waals surface area contributed by atoms with E-state index in [1.54, 1.807) is 13.4 Å². The summed E-state index contributed by atoms with van der Waals surface area (Å²) < 4.78 is 7.31. The van der Waals surface area contributed by atoms with Crippen LogP contribution in [0.25, 0.3) is 0 Å². The van der Waals surface area contributed by atoms with Gasteiger partial charge in [-0.1, -0.05) is 45.2 Å². The third-order valence-corrected chi connectivity index (χ3v) is 4.80. The van der Waals surface area contributed by atoms with E-state index < -0.39 is 0 Å². The number of aliphatic imine (C=N–C) groups is 1. The predicted octanol–water partition coefficient (Wildman–Crippen LogP) is 3.21. The Bertz CT molecular complexity index is 710. The number of aryl methyl sites for hydroxylation is 1. The van der Waals surface area contributed by atoms with Gasteiger partial charge in [0.1, 0.15) is 17.9 Å². The maximum Gasteiger partial charge on any atom is 0.191 e. The number of hydrogen-bond acceptors (Lipinski definition) is 4. The molecule has 0 aliphatic heterocycles. The monoisotopic (exact) mass is 400 g/mol. The number of ether oxygens (including phenoxy) is 1. The molecule has 0 aliphatic rings. The summed E-state index contributed by atoms with van der Waals surface area (Å²) in [5, 5.41) is 15.0. The average Bonchev–Trinajstić information content (AvgIpc) is 3.21. The van der Waals surface area contributed by atoms with Crippen LogP contribution in [0, 0.1) is 0 Å². The molecule has 0 spiro atoms. The molecule has 2 rings (SSSR count). The molecule has 0 atom stereocenters. The fourth-order valence-electron chi connectivity index (χ4n) is 3.06. The minimum atomic E-state index is 0.786. The first-order chi connectivity index (χ1) is 14.3. The zero-order valence-electron chi connectivity index (χ0n) is 18.2. The van der Waals surface area contributed by atoms with E-state index >= 15 is 0 Å². The van der Waals surface area contributed by atoms with Crippen LogP contribution in [0.2, 0.25) is 0 Å². The highest BCUT2D eigenvalue weighted by Crippen LogP contribution is 2.11. The highest BCUT2D eigenvalue weighted by Gasteiger charge is 2.03. The van der Waals surface area contributed by atoms with Gasteiger partial charge in [-0.15, -0.1) is 10.2 Å². The van der Waals surface area contributed by atoms with E-state index in [1.165, 1.54) is 24.8 Å². The highest BCUT2D eigenvalue weighted by atomic mass is 16.5. The minimum Gasteiger partial charge on any atom is -0.497 e. The first-order valence-electron chi connectivity index (χ1n) is 10.8. The van der Waals surface area contributed by atoms with Crippen molar-refractivity contribution in [1.29, 1.82) is 0 Å². The van der Waals surface area contributed by atoms with Gasteiger partial charge in [-0.05, 0) is 30.5 Å². The van der Waals surface area contributed by atoms with Crippen LogP contribution in [-0.4, -0.2) is 47.5 Å². The number of unbranched alkanes of at least 4 members (excludes halogenated alkanes) is 3. The van der Waals surface area contributed by atoms with Crippen molar-refractivity contribution < 1.29 is 4.74 Å². The van der Waals surface area contributed by atoms with Gasteiger partial charge in [0.2, 0.25) is 0 Å². The van der Waals surface area contributed by atoms with E-state index in [0.717, 1.165) is 63.0 Å². The summed E-state index contributed by atoms with van der Waals surface area (Å²) in [5.41, 5.74) is 1.28. The summed E-state index contributed by atoms with van der Waals surface area (Å²) in [7, 11) is 1.69. The van der Waals surface area contributed by atoms with Crippen molar-refractivity contribution in [1.82, 2.24) is 25.4 Å². The molecule has 29 heavy (non-hydrogen) atoms. The molecular weight excluding hydrogens is 364 g/mol. The first kappa shape index (κ1) is 22.7. The van der Waals surface area contributed by atoms with Crippen molar-refractivity contribution in [3.8, 4) is 5.75 Å². The topological polar surface area (TPSA) is 76.4 Å². The number of nitrogens with one attached hydrogen (secondary N) is 2. The molecule has 0 unspecified atom stereocenters. The minimum absolute atomic E-state index is 0.786. The molecule has 0 amide bonds. The third-order valence-electron chi connectivity index (χ3n) is 4.80. The maximum atomic E-state index is 5.22. The molecular formula is C22H36N6O. The molecule has 0 fully saturated rings. The lowest BCUT2D eigenvalue weighted by molar-refractivity contribution is 0.414. The van der Waals surface area contributed by atoms with E-state index in [-0.39, 0.29) is 0 Å². The highest BCUT2D eigenvalue weighted by molar-refractivity contribution is 5.79. The summed E-state index contributed by atoms with van der Waals surface area (Å²) in [6.45, 7) is 7.62. The number of hydrogen-bond donors (Lipinski definition) is 2. The van der Waals surface area contributed by atoms with Gasteiger partial charge in [0.25, 0.3) is 0 Å². The van der Waals surface area contributed by atoms with Crippen molar-refractivity contribution in [2.24, 2.45) is 4.99 Å². The Morgan fingerprint density at radius 1 is 1.07 bits per heavy atom. The van der Waals surface area contributed by atoms with Gasteiger partial charge in [0.05, 0.1) is 7.11 Å². The van der Waals surface area contributed by atoms with Crippen LogP contribution in [0.1, 0.15) is 50.9 Å². The SMILES string of the molecule is CCCCCCN=C(NCCc1ccc(OC)cc1)NCCn1cnnc1CC. The predicted molar refractivity (Wildman–Crippen MR) is 119 cm³/mol. The maximum absolute atomic E-state index is 5.22. The van der Waals surface area contributed by atoms with Gasteiger partial charge in [-0.2, -0.15) is 0 Å². The fourth-order valence-corrected chi connectivity index (χ4v) is 3.06. The van der Waals surface area contributed by atoms with E-state index in [1.807, 2.05) is 12.1 Å². The quantitative estimate of drug-likeness (QED) is 0.307. The average molecular weight is 401 g/mol. The standard InChI is InChI=1S/C22H36N6O/c1-4-6-7-8-14-23-22(25-16-17-28-18-26-27-21(28)5-2)24-15-13-19-9-11-20(29-3)12-10-19/h9-12,18H,4-8,13-17H2,1-3H3,(H2,23,24,25). The number of methoxy groups -OCH3 is 1. The number of rotatable bonds is 13. The van der Waals surface area contributed by atoms with E-state index in [0.29, 0.717) is 0 Å². The summed E-state index contributed by atoms with van der Waals surface area (Å²) in [5.74, 6) is 2.77. The largest absolute Gasteiger partial charge is 0.497 e. The molecule has 1 aromatic carbocycles. The lowest BCUT2D eigenvalue weighted by atomic mass is 10.1. The zero-order chi connectivity index (χ0) is 20.7. The number of nitrogens with zero attached hydrogens (tertiary/aromatic N) is 4. The Hall–Kier alpha value is -2.57. The summed E-state index contributed by atoms with van der Waals surface area (Å²) in [6, 6.07) is 8.21. The van der Waals surface area contributed by atoms with Crippen LogP contribution in [0.4, 0.5) is 0 Å². The first-order valence-corrected chi connectivity index (χ1v) is 10.8. The molecule has 2 aromatic rings. The number of benzene rings is 1. The fraction of sp³-hybridized carbons (Fsp3) is 0.591. The molecule has 1 aromatic heterocycles. The van der Waals surface area contributed by atoms with E-state index in [9.17, 15) is 0 Å². The lowest BCUT2D eigenvalue weighted by Crippen LogP contribution is -2.40. The molecule has 0 saturated heterocycles. The van der Waals surface area contributed by atoms with Gasteiger partial charge in [0, 0.05) is 32.6 Å². The van der Waals surface area contributed by atoms with Crippen LogP contribution in [-0.2, 0) is 19.4 Å². The van der Waals surface area contributed by atoms with Gasteiger partial charge < -0.3 is 19.9 Å². The van der Waals surface area contributed by atoms with Crippen LogP contribution in [0.5, 0.6) is 5.75 Å². The van der Waals surface area contributed by atoms with E-state index in [4.69, 9.17) is 9.73 Å². The second-order valence-corrected chi connectivity index (χ2v) is 7.04. The van der Waals surface area contributed by atoms with Crippen molar-refractivity contribution in [3.63, 3.8) is 0 Å². The molecule has 0 radical (unpaired) electrons. The van der Waals surface area contributed by atoms with Crippen molar-refractivity contribution in [3.05, 3.63) is 42.0 Å². The Kier molecular flexibility index (Phi) is 10.6. The Morgan fingerprint density at radius 2 is 1.86 bits per heavy atom. The molecule has 1 heterocycles. The van der Waals surface area contributed by atoms with Gasteiger partial charge in [0.15, 0.2) is 5.96 Å². The molecule has 7 heteroatoms. The normalized spacial score (nSPS) is 11.5. The molecule has 0 aliphatic carbocycles. The van der Waals surface area contributed by atoms with Crippen molar-refractivity contribution >= 4 is 5.96 Å². The van der Waals surface area contributed by atoms with Gasteiger partial charge in [-0.25, -0.2) is 0 Å². The molecule has 160 valence electrons. The van der Waals surface area contributed by atoms with Gasteiger partial charge in [-0.3, -0.25) is 4.99 Å². The van der Waals surface area contributed by atoms with Crippen LogP contribution < -0.4 is 15.4 Å². The van der Waals surface area contributed by atoms with Gasteiger partial charge >= 0.3 is 0 Å². The lowest BCUT2D eigenvalue weighted by Gasteiger charge is -2.14. The van der Waals surface area contributed by atoms with Crippen LogP contribution in [0.15, 0.2) is 35.6 Å². The smallest absolute Gasteiger partial charge is 0.191 e. The summed E-state index contributed by atoms with van der Waals surface area (Å²) >= 11 is 0. The Morgan fingerprint density at radius 3 is 2.59 bits per heavy atom. The van der Waals surface area contributed by atoms with Crippen molar-refractivity contribution in [2.75, 3.05) is 26.7 Å². The van der Waals surface area contributed by atoms with E-state index in [2.05, 4.69) is 51.4 Å². The molecule has 0 bridgehead atoms. The Labute approximate surface area is 175 Å². The Balaban J connectivity index is 1.81. The zero-order valence-corrected chi connectivity index (χ0v) is 18.2. The van der Waals surface area contributed by atoms with Crippen molar-refractivity contribution in [2.45, 2.75) is 58.9 Å². The second kappa shape index (κ2) is 13.6. The second-order valence-electron chi connectivity index (χ2n) is 7.04. The number of aromatic nitrogens is 3. The summed E-state index contributed by atoms with van der Waals surface area (Å²) in [4.78, 5) is 4.75. The summed E-state index contributed by atoms with van der Waals surface area (Å²) in [6.07, 6.45) is 8.50.